The minimum Gasteiger partial charge on any atom is -0.441 e. The number of sulfone groups is 1. The Morgan fingerprint density at radius 2 is 1.96 bits per heavy atom. The third kappa shape index (κ3) is 3.56. The van der Waals surface area contributed by atoms with E-state index in [0.29, 0.717) is 29.1 Å². The molecule has 0 saturated heterocycles. The van der Waals surface area contributed by atoms with E-state index in [9.17, 15) is 13.2 Å². The van der Waals surface area contributed by atoms with Gasteiger partial charge in [0, 0.05) is 12.6 Å². The fourth-order valence-corrected chi connectivity index (χ4v) is 4.16. The van der Waals surface area contributed by atoms with E-state index in [1.165, 1.54) is 12.1 Å². The van der Waals surface area contributed by atoms with Gasteiger partial charge < -0.3 is 9.73 Å². The van der Waals surface area contributed by atoms with Crippen LogP contribution in [0.15, 0.2) is 51.8 Å². The molecule has 3 aromatic rings. The van der Waals surface area contributed by atoms with Crippen LogP contribution >= 0.6 is 0 Å². The number of aromatic nitrogens is 1. The molecule has 0 unspecified atom stereocenters. The molecule has 1 aromatic heterocycles. The van der Waals surface area contributed by atoms with Gasteiger partial charge in [0.1, 0.15) is 5.52 Å². The zero-order chi connectivity index (χ0) is 18.0. The Morgan fingerprint density at radius 3 is 2.72 bits per heavy atom. The highest BCUT2D eigenvalue weighted by Crippen LogP contribution is 2.22. The first-order chi connectivity index (χ1) is 11.9. The smallest absolute Gasteiger partial charge is 0.256 e. The molecule has 0 aliphatic heterocycles. The van der Waals surface area contributed by atoms with E-state index in [2.05, 4.69) is 10.3 Å². The van der Waals surface area contributed by atoms with Gasteiger partial charge in [-0.05, 0) is 36.8 Å². The van der Waals surface area contributed by atoms with Crippen LogP contribution in [-0.2, 0) is 9.84 Å². The second kappa shape index (κ2) is 6.68. The van der Waals surface area contributed by atoms with Crippen molar-refractivity contribution in [3.8, 4) is 0 Å². The summed E-state index contributed by atoms with van der Waals surface area (Å²) in [7, 11) is -3.50. The van der Waals surface area contributed by atoms with Crippen molar-refractivity contribution in [2.75, 3.05) is 11.1 Å². The third-order valence-corrected chi connectivity index (χ3v) is 5.66. The van der Waals surface area contributed by atoms with E-state index >= 15 is 0 Å². The monoisotopic (exact) mass is 358 g/mol. The number of anilines is 1. The summed E-state index contributed by atoms with van der Waals surface area (Å²) in [5.74, 6) is 0.0610. The van der Waals surface area contributed by atoms with Crippen LogP contribution in [0.2, 0.25) is 0 Å². The van der Waals surface area contributed by atoms with Gasteiger partial charge in [-0.1, -0.05) is 19.1 Å². The maximum Gasteiger partial charge on any atom is 0.256 e. The van der Waals surface area contributed by atoms with Gasteiger partial charge >= 0.3 is 0 Å². The molecule has 1 amide bonds. The Hall–Kier alpha value is -2.67. The van der Waals surface area contributed by atoms with Gasteiger partial charge in [0.15, 0.2) is 21.3 Å². The van der Waals surface area contributed by atoms with E-state index in [0.717, 1.165) is 0 Å². The fourth-order valence-electron chi connectivity index (χ4n) is 2.62. The van der Waals surface area contributed by atoms with E-state index in [1.807, 2.05) is 0 Å². The van der Waals surface area contributed by atoms with Gasteiger partial charge in [0.05, 0.1) is 16.2 Å². The van der Waals surface area contributed by atoms with Crippen molar-refractivity contribution in [2.45, 2.75) is 25.2 Å². The average Bonchev–Trinajstić information content (AvgIpc) is 2.94. The second-order valence-corrected chi connectivity index (χ2v) is 7.76. The van der Waals surface area contributed by atoms with Gasteiger partial charge in [-0.15, -0.1) is 0 Å². The summed E-state index contributed by atoms with van der Waals surface area (Å²) in [4.78, 5) is 16.9. The molecule has 0 aliphatic carbocycles. The van der Waals surface area contributed by atoms with Gasteiger partial charge in [-0.3, -0.25) is 4.79 Å². The van der Waals surface area contributed by atoms with Crippen molar-refractivity contribution >= 4 is 32.5 Å². The number of oxazole rings is 1. The number of fused-ring (bicyclic) bond motifs is 1. The van der Waals surface area contributed by atoms with Crippen LogP contribution in [0.5, 0.6) is 0 Å². The lowest BCUT2D eigenvalue weighted by atomic mass is 10.2. The van der Waals surface area contributed by atoms with Crippen molar-refractivity contribution in [3.05, 3.63) is 53.9 Å². The molecule has 0 bridgehead atoms. The lowest BCUT2D eigenvalue weighted by molar-refractivity contribution is 0.102. The molecule has 0 radical (unpaired) electrons. The Kier molecular flexibility index (Phi) is 4.59. The Labute approximate surface area is 145 Å². The summed E-state index contributed by atoms with van der Waals surface area (Å²) < 4.78 is 30.2. The summed E-state index contributed by atoms with van der Waals surface area (Å²) in [5.41, 5.74) is 1.91. The SMILES string of the molecule is CCCS(=O)(=O)c1ccccc1C(=O)Nc1ccc2oc(C)nc2c1. The number of nitrogens with zero attached hydrogens (tertiary/aromatic N) is 1. The highest BCUT2D eigenvalue weighted by atomic mass is 32.2. The maximum atomic E-state index is 12.6. The molecule has 0 aliphatic rings. The van der Waals surface area contributed by atoms with Crippen molar-refractivity contribution in [2.24, 2.45) is 0 Å². The third-order valence-electron chi connectivity index (χ3n) is 3.69. The molecule has 1 N–H and O–H groups in total. The molecule has 25 heavy (non-hydrogen) atoms. The molecule has 3 rings (SSSR count). The van der Waals surface area contributed by atoms with Crippen LogP contribution in [0, 0.1) is 6.92 Å². The first-order valence-corrected chi connectivity index (χ1v) is 9.56. The quantitative estimate of drug-likeness (QED) is 0.753. The average molecular weight is 358 g/mol. The first-order valence-electron chi connectivity index (χ1n) is 7.91. The van der Waals surface area contributed by atoms with Crippen LogP contribution in [0.3, 0.4) is 0 Å². The largest absolute Gasteiger partial charge is 0.441 e. The predicted molar refractivity (Wildman–Crippen MR) is 95.5 cm³/mol. The molecular formula is C18H18N2O4S. The van der Waals surface area contributed by atoms with Crippen LogP contribution in [-0.4, -0.2) is 25.1 Å². The predicted octanol–water partition coefficient (Wildman–Crippen LogP) is 3.57. The number of carbonyl (C=O) groups excluding carboxylic acids is 1. The number of hydrogen-bond donors (Lipinski definition) is 1. The number of hydrogen-bond acceptors (Lipinski definition) is 5. The van der Waals surface area contributed by atoms with Crippen LogP contribution in [0.4, 0.5) is 5.69 Å². The van der Waals surface area contributed by atoms with Crippen molar-refractivity contribution in [1.82, 2.24) is 4.98 Å². The summed E-state index contributed by atoms with van der Waals surface area (Å²) in [6.07, 6.45) is 0.487. The molecular weight excluding hydrogens is 340 g/mol. The number of benzene rings is 2. The fraction of sp³-hybridized carbons (Fsp3) is 0.222. The van der Waals surface area contributed by atoms with Gasteiger partial charge in [0.2, 0.25) is 0 Å². The summed E-state index contributed by atoms with van der Waals surface area (Å²) in [6, 6.07) is 11.3. The Morgan fingerprint density at radius 1 is 1.20 bits per heavy atom. The standard InChI is InChI=1S/C18H18N2O4S/c1-3-10-25(22,23)17-7-5-4-6-14(17)18(21)20-13-8-9-16-15(11-13)19-12(2)24-16/h4-9,11H,3,10H2,1-2H3,(H,20,21). The lowest BCUT2D eigenvalue weighted by Gasteiger charge is -2.10. The van der Waals surface area contributed by atoms with E-state index in [1.54, 1.807) is 44.2 Å². The van der Waals surface area contributed by atoms with E-state index < -0.39 is 15.7 Å². The van der Waals surface area contributed by atoms with E-state index in [-0.39, 0.29) is 16.2 Å². The number of carbonyl (C=O) groups is 1. The molecule has 0 spiro atoms. The minimum atomic E-state index is -3.50. The summed E-state index contributed by atoms with van der Waals surface area (Å²) >= 11 is 0. The summed E-state index contributed by atoms with van der Waals surface area (Å²) in [6.45, 7) is 3.53. The molecule has 6 nitrogen and oxygen atoms in total. The topological polar surface area (TPSA) is 89.3 Å². The summed E-state index contributed by atoms with van der Waals surface area (Å²) in [5, 5.41) is 2.73. The lowest BCUT2D eigenvalue weighted by Crippen LogP contribution is -2.17. The number of amides is 1. The zero-order valence-corrected chi connectivity index (χ0v) is 14.8. The van der Waals surface area contributed by atoms with E-state index in [4.69, 9.17) is 4.42 Å². The highest BCUT2D eigenvalue weighted by Gasteiger charge is 2.21. The zero-order valence-electron chi connectivity index (χ0n) is 13.9. The number of nitrogens with one attached hydrogen (secondary N) is 1. The molecule has 130 valence electrons. The van der Waals surface area contributed by atoms with Crippen molar-refractivity contribution < 1.29 is 17.6 Å². The normalized spacial score (nSPS) is 11.6. The first kappa shape index (κ1) is 17.2. The van der Waals surface area contributed by atoms with Gasteiger partial charge in [-0.25, -0.2) is 13.4 Å². The minimum absolute atomic E-state index is 0.00146. The van der Waals surface area contributed by atoms with Crippen LogP contribution in [0.25, 0.3) is 11.1 Å². The van der Waals surface area contributed by atoms with Crippen molar-refractivity contribution in [3.63, 3.8) is 0 Å². The highest BCUT2D eigenvalue weighted by molar-refractivity contribution is 7.91. The molecule has 0 fully saturated rings. The molecule has 0 saturated carbocycles. The second-order valence-electron chi connectivity index (χ2n) is 5.68. The van der Waals surface area contributed by atoms with Crippen LogP contribution < -0.4 is 5.32 Å². The molecule has 2 aromatic carbocycles. The molecule has 7 heteroatoms. The van der Waals surface area contributed by atoms with Gasteiger partial charge in [0.25, 0.3) is 5.91 Å². The number of rotatable bonds is 5. The number of aryl methyl sites for hydroxylation is 1. The van der Waals surface area contributed by atoms with Gasteiger partial charge in [-0.2, -0.15) is 0 Å². The molecule has 1 heterocycles. The molecule has 0 atom stereocenters. The Bertz CT molecular complexity index is 1040. The van der Waals surface area contributed by atoms with Crippen molar-refractivity contribution in [1.29, 1.82) is 0 Å². The van der Waals surface area contributed by atoms with Crippen LogP contribution in [0.1, 0.15) is 29.6 Å². The Balaban J connectivity index is 1.93. The maximum absolute atomic E-state index is 12.6.